The van der Waals surface area contributed by atoms with Crippen molar-refractivity contribution in [3.05, 3.63) is 53.3 Å². The molecule has 1 fully saturated rings. The van der Waals surface area contributed by atoms with Gasteiger partial charge < -0.3 is 16.0 Å². The van der Waals surface area contributed by atoms with Gasteiger partial charge in [0.15, 0.2) is 0 Å². The smallest absolute Gasteiger partial charge is 0.251 e. The fourth-order valence-electron chi connectivity index (χ4n) is 3.32. The first-order chi connectivity index (χ1) is 12.5. The van der Waals surface area contributed by atoms with Crippen molar-refractivity contribution in [2.45, 2.75) is 12.8 Å². The lowest BCUT2D eigenvalue weighted by Crippen LogP contribution is -2.39. The van der Waals surface area contributed by atoms with E-state index < -0.39 is 0 Å². The van der Waals surface area contributed by atoms with Gasteiger partial charge in [0.2, 0.25) is 5.91 Å². The lowest BCUT2D eigenvalue weighted by molar-refractivity contribution is -0.124. The SMILES string of the molecule is Cc1cccc(C(=O)NCCNC(=O)[C@H]2CNC[C@@H]2c2cnn(C)c2)c1.Cl. The first-order valence-corrected chi connectivity index (χ1v) is 8.86. The molecular weight excluding hydrogens is 366 g/mol. The van der Waals surface area contributed by atoms with Gasteiger partial charge in [0.25, 0.3) is 5.91 Å². The lowest BCUT2D eigenvalue weighted by atomic mass is 9.90. The average molecular weight is 392 g/mol. The quantitative estimate of drug-likeness (QED) is 0.641. The van der Waals surface area contributed by atoms with Crippen LogP contribution in [0.5, 0.6) is 0 Å². The summed E-state index contributed by atoms with van der Waals surface area (Å²) in [7, 11) is 1.87. The van der Waals surface area contributed by atoms with Gasteiger partial charge in [-0.05, 0) is 24.6 Å². The van der Waals surface area contributed by atoms with Gasteiger partial charge in [0.1, 0.15) is 0 Å². The molecule has 0 spiro atoms. The molecule has 1 aliphatic rings. The summed E-state index contributed by atoms with van der Waals surface area (Å²) < 4.78 is 1.75. The fourth-order valence-corrected chi connectivity index (χ4v) is 3.32. The second kappa shape index (κ2) is 9.53. The molecule has 3 rings (SSSR count). The number of nitrogens with zero attached hydrogens (tertiary/aromatic N) is 2. The second-order valence-corrected chi connectivity index (χ2v) is 6.73. The molecule has 0 aliphatic carbocycles. The van der Waals surface area contributed by atoms with Crippen molar-refractivity contribution in [2.24, 2.45) is 13.0 Å². The van der Waals surface area contributed by atoms with Crippen LogP contribution in [0.2, 0.25) is 0 Å². The van der Waals surface area contributed by atoms with Crippen LogP contribution < -0.4 is 16.0 Å². The van der Waals surface area contributed by atoms with E-state index in [-0.39, 0.29) is 36.1 Å². The molecule has 1 aromatic carbocycles. The Morgan fingerprint density at radius 1 is 1.26 bits per heavy atom. The first kappa shape index (κ1) is 20.9. The number of hydrogen-bond acceptors (Lipinski definition) is 4. The molecule has 8 heteroatoms. The third-order valence-corrected chi connectivity index (χ3v) is 4.69. The second-order valence-electron chi connectivity index (χ2n) is 6.73. The number of aromatic nitrogens is 2. The number of hydrogen-bond donors (Lipinski definition) is 3. The van der Waals surface area contributed by atoms with E-state index in [0.717, 1.165) is 17.7 Å². The maximum Gasteiger partial charge on any atom is 0.251 e. The van der Waals surface area contributed by atoms with E-state index in [1.54, 1.807) is 10.7 Å². The van der Waals surface area contributed by atoms with Crippen LogP contribution in [0.15, 0.2) is 36.7 Å². The van der Waals surface area contributed by atoms with Crippen molar-refractivity contribution in [2.75, 3.05) is 26.2 Å². The van der Waals surface area contributed by atoms with Crippen molar-refractivity contribution in [3.8, 4) is 0 Å². The summed E-state index contributed by atoms with van der Waals surface area (Å²) >= 11 is 0. The van der Waals surface area contributed by atoms with E-state index in [9.17, 15) is 9.59 Å². The third kappa shape index (κ3) is 5.30. The summed E-state index contributed by atoms with van der Waals surface area (Å²) in [6.45, 7) is 4.18. The van der Waals surface area contributed by atoms with Crippen LogP contribution in [0.3, 0.4) is 0 Å². The van der Waals surface area contributed by atoms with Gasteiger partial charge in [-0.3, -0.25) is 14.3 Å². The molecule has 0 saturated carbocycles. The van der Waals surface area contributed by atoms with Crippen molar-refractivity contribution < 1.29 is 9.59 Å². The maximum atomic E-state index is 12.5. The molecule has 1 saturated heterocycles. The van der Waals surface area contributed by atoms with Gasteiger partial charge in [0, 0.05) is 50.9 Å². The van der Waals surface area contributed by atoms with Crippen molar-refractivity contribution in [1.29, 1.82) is 0 Å². The van der Waals surface area contributed by atoms with Crippen molar-refractivity contribution in [1.82, 2.24) is 25.7 Å². The summed E-state index contributed by atoms with van der Waals surface area (Å²) in [5.74, 6) is -0.107. The predicted octanol–water partition coefficient (Wildman–Crippen LogP) is 1.000. The Bertz CT molecular complexity index is 792. The molecule has 146 valence electrons. The number of carbonyl (C=O) groups is 2. The Kier molecular flexibility index (Phi) is 7.38. The molecule has 0 unspecified atom stereocenters. The number of carbonyl (C=O) groups excluding carboxylic acids is 2. The normalized spacial score (nSPS) is 18.6. The van der Waals surface area contributed by atoms with Gasteiger partial charge in [-0.15, -0.1) is 12.4 Å². The van der Waals surface area contributed by atoms with E-state index >= 15 is 0 Å². The molecular formula is C19H26ClN5O2. The number of aryl methyl sites for hydroxylation is 2. The maximum absolute atomic E-state index is 12.5. The number of amides is 2. The molecule has 2 heterocycles. The van der Waals surface area contributed by atoms with Crippen LogP contribution in [0.4, 0.5) is 0 Å². The summed E-state index contributed by atoms with van der Waals surface area (Å²) in [6, 6.07) is 7.43. The molecule has 27 heavy (non-hydrogen) atoms. The number of nitrogens with one attached hydrogen (secondary N) is 3. The Balaban J connectivity index is 0.00000261. The standard InChI is InChI=1S/C19H25N5O2.ClH/c1-13-4-3-5-14(8-13)18(25)21-6-7-22-19(26)17-11-20-10-16(17)15-9-23-24(2)12-15;/h3-5,8-9,12,16-17,20H,6-7,10-11H2,1-2H3,(H,21,25)(H,22,26);1H/t16-,17+;/m1./s1. The number of halogens is 1. The summed E-state index contributed by atoms with van der Waals surface area (Å²) in [4.78, 5) is 24.6. The van der Waals surface area contributed by atoms with Gasteiger partial charge in [0.05, 0.1) is 12.1 Å². The van der Waals surface area contributed by atoms with Crippen LogP contribution in [0.1, 0.15) is 27.4 Å². The van der Waals surface area contributed by atoms with Crippen LogP contribution in [-0.2, 0) is 11.8 Å². The summed E-state index contributed by atoms with van der Waals surface area (Å²) in [5.41, 5.74) is 2.75. The first-order valence-electron chi connectivity index (χ1n) is 8.86. The van der Waals surface area contributed by atoms with E-state index in [0.29, 0.717) is 25.2 Å². The molecule has 2 aromatic rings. The van der Waals surface area contributed by atoms with Gasteiger partial charge in [-0.2, -0.15) is 5.10 Å². The Morgan fingerprint density at radius 3 is 2.74 bits per heavy atom. The van der Waals surface area contributed by atoms with Crippen LogP contribution in [0.25, 0.3) is 0 Å². The Labute approximate surface area is 165 Å². The highest BCUT2D eigenvalue weighted by molar-refractivity contribution is 5.94. The Hall–Kier alpha value is -2.38. The largest absolute Gasteiger partial charge is 0.354 e. The average Bonchev–Trinajstić information content (AvgIpc) is 3.27. The fraction of sp³-hybridized carbons (Fsp3) is 0.421. The Morgan fingerprint density at radius 2 is 2.04 bits per heavy atom. The predicted molar refractivity (Wildman–Crippen MR) is 106 cm³/mol. The van der Waals surface area contributed by atoms with Crippen LogP contribution in [0, 0.1) is 12.8 Å². The van der Waals surface area contributed by atoms with Crippen LogP contribution in [-0.4, -0.2) is 47.8 Å². The van der Waals surface area contributed by atoms with E-state index in [4.69, 9.17) is 0 Å². The molecule has 0 bridgehead atoms. The zero-order valence-corrected chi connectivity index (χ0v) is 16.4. The molecule has 1 aliphatic heterocycles. The minimum atomic E-state index is -0.126. The molecule has 0 radical (unpaired) electrons. The summed E-state index contributed by atoms with van der Waals surface area (Å²) in [6.07, 6.45) is 3.78. The van der Waals surface area contributed by atoms with Crippen molar-refractivity contribution >= 4 is 24.2 Å². The van der Waals surface area contributed by atoms with E-state index in [1.165, 1.54) is 0 Å². The monoisotopic (exact) mass is 391 g/mol. The molecule has 1 aromatic heterocycles. The third-order valence-electron chi connectivity index (χ3n) is 4.69. The van der Waals surface area contributed by atoms with Gasteiger partial charge >= 0.3 is 0 Å². The van der Waals surface area contributed by atoms with Crippen molar-refractivity contribution in [3.63, 3.8) is 0 Å². The number of rotatable bonds is 6. The zero-order chi connectivity index (χ0) is 18.5. The minimum absolute atomic E-state index is 0. The van der Waals surface area contributed by atoms with Crippen LogP contribution >= 0.6 is 12.4 Å². The molecule has 7 nitrogen and oxygen atoms in total. The number of benzene rings is 1. The van der Waals surface area contributed by atoms with Gasteiger partial charge in [-0.1, -0.05) is 17.7 Å². The highest BCUT2D eigenvalue weighted by Crippen LogP contribution is 2.27. The van der Waals surface area contributed by atoms with E-state index in [1.807, 2.05) is 44.6 Å². The molecule has 2 amide bonds. The zero-order valence-electron chi connectivity index (χ0n) is 15.6. The van der Waals surface area contributed by atoms with Gasteiger partial charge in [-0.25, -0.2) is 0 Å². The summed E-state index contributed by atoms with van der Waals surface area (Å²) in [5, 5.41) is 13.2. The highest BCUT2D eigenvalue weighted by Gasteiger charge is 2.34. The topological polar surface area (TPSA) is 88.1 Å². The minimum Gasteiger partial charge on any atom is -0.354 e. The molecule has 3 N–H and O–H groups in total. The lowest BCUT2D eigenvalue weighted by Gasteiger charge is -2.17. The highest BCUT2D eigenvalue weighted by atomic mass is 35.5. The van der Waals surface area contributed by atoms with E-state index in [2.05, 4.69) is 21.0 Å². The molecule has 2 atom stereocenters.